The van der Waals surface area contributed by atoms with Gasteiger partial charge in [-0.1, -0.05) is 52.3 Å². The number of benzene rings is 2. The van der Waals surface area contributed by atoms with Crippen molar-refractivity contribution in [2.45, 2.75) is 13.8 Å². The molecule has 2 aromatic carbocycles. The number of anilines is 1. The van der Waals surface area contributed by atoms with Crippen LogP contribution in [0.5, 0.6) is 0 Å². The van der Waals surface area contributed by atoms with Gasteiger partial charge < -0.3 is 10.1 Å². The highest BCUT2D eigenvalue weighted by molar-refractivity contribution is 9.10. The van der Waals surface area contributed by atoms with Crippen molar-refractivity contribution in [3.63, 3.8) is 0 Å². The molecule has 0 radical (unpaired) electrons. The molecule has 0 aliphatic rings. The maximum atomic E-state index is 12.3. The molecule has 1 N–H and O–H groups in total. The Morgan fingerprint density at radius 2 is 1.86 bits per heavy atom. The smallest absolute Gasteiger partial charge is 0.340 e. The number of hydrogen-bond acceptors (Lipinski definition) is 3. The quantitative estimate of drug-likeness (QED) is 0.616. The van der Waals surface area contributed by atoms with E-state index in [-0.39, 0.29) is 5.97 Å². The second-order valence-electron chi connectivity index (χ2n) is 4.72. The Kier molecular flexibility index (Phi) is 5.78. The molecule has 0 aromatic heterocycles. The Labute approximate surface area is 139 Å². The Morgan fingerprint density at radius 3 is 2.55 bits per heavy atom. The van der Waals surface area contributed by atoms with E-state index in [4.69, 9.17) is 4.74 Å². The molecular formula is C18H18BrNO2. The van der Waals surface area contributed by atoms with Crippen LogP contribution < -0.4 is 5.32 Å². The zero-order valence-electron chi connectivity index (χ0n) is 12.6. The summed E-state index contributed by atoms with van der Waals surface area (Å²) in [6, 6.07) is 15.5. The van der Waals surface area contributed by atoms with Gasteiger partial charge in [-0.05, 0) is 31.5 Å². The Morgan fingerprint density at radius 1 is 1.18 bits per heavy atom. The van der Waals surface area contributed by atoms with E-state index in [9.17, 15) is 4.79 Å². The SMILES string of the molecule is CCOC(=O)C(=CNc1ccccc1C)c1ccccc1Br. The number of para-hydroxylation sites is 1. The first kappa shape index (κ1) is 16.3. The molecule has 0 heterocycles. The van der Waals surface area contributed by atoms with Gasteiger partial charge in [0.05, 0.1) is 12.2 Å². The Balaban J connectivity index is 2.37. The number of esters is 1. The van der Waals surface area contributed by atoms with Crippen LogP contribution in [0, 0.1) is 6.92 Å². The highest BCUT2D eigenvalue weighted by atomic mass is 79.9. The molecular weight excluding hydrogens is 342 g/mol. The number of carbonyl (C=O) groups excluding carboxylic acids is 1. The van der Waals surface area contributed by atoms with E-state index in [1.807, 2.05) is 55.5 Å². The maximum absolute atomic E-state index is 12.3. The van der Waals surface area contributed by atoms with Crippen LogP contribution in [0.4, 0.5) is 5.69 Å². The van der Waals surface area contributed by atoms with Crippen LogP contribution in [0.1, 0.15) is 18.1 Å². The number of ether oxygens (including phenoxy) is 1. The minimum atomic E-state index is -0.351. The van der Waals surface area contributed by atoms with Crippen molar-refractivity contribution in [2.75, 3.05) is 11.9 Å². The molecule has 0 aliphatic heterocycles. The predicted octanol–water partition coefficient (Wildman–Crippen LogP) is 4.77. The maximum Gasteiger partial charge on any atom is 0.340 e. The molecule has 2 aromatic rings. The number of halogens is 1. The minimum Gasteiger partial charge on any atom is -0.462 e. The standard InChI is InChI=1S/C18H18BrNO2/c1-3-22-18(21)15(14-9-5-6-10-16(14)19)12-20-17-11-7-4-8-13(17)2/h4-12,20H,3H2,1-2H3. The fraction of sp³-hybridized carbons (Fsp3) is 0.167. The predicted molar refractivity (Wildman–Crippen MR) is 93.6 cm³/mol. The van der Waals surface area contributed by atoms with Crippen molar-refractivity contribution in [1.82, 2.24) is 0 Å². The van der Waals surface area contributed by atoms with E-state index in [2.05, 4.69) is 21.2 Å². The first-order valence-corrected chi connectivity index (χ1v) is 7.87. The monoisotopic (exact) mass is 359 g/mol. The normalized spacial score (nSPS) is 11.1. The molecule has 22 heavy (non-hydrogen) atoms. The Hall–Kier alpha value is -2.07. The van der Waals surface area contributed by atoms with Gasteiger partial charge >= 0.3 is 5.97 Å². The lowest BCUT2D eigenvalue weighted by atomic mass is 10.1. The number of aryl methyl sites for hydroxylation is 1. The van der Waals surface area contributed by atoms with Crippen molar-refractivity contribution in [1.29, 1.82) is 0 Å². The lowest BCUT2D eigenvalue weighted by Crippen LogP contribution is -2.09. The molecule has 0 saturated carbocycles. The van der Waals surface area contributed by atoms with E-state index in [0.29, 0.717) is 12.2 Å². The van der Waals surface area contributed by atoms with Crippen LogP contribution in [0.25, 0.3) is 5.57 Å². The summed E-state index contributed by atoms with van der Waals surface area (Å²) in [6.45, 7) is 4.15. The molecule has 0 atom stereocenters. The lowest BCUT2D eigenvalue weighted by Gasteiger charge is -2.11. The largest absolute Gasteiger partial charge is 0.462 e. The summed E-state index contributed by atoms with van der Waals surface area (Å²) in [5.41, 5.74) is 3.34. The molecule has 114 valence electrons. The molecule has 0 spiro atoms. The van der Waals surface area contributed by atoms with Gasteiger partial charge in [0.2, 0.25) is 0 Å². The summed E-state index contributed by atoms with van der Waals surface area (Å²) in [4.78, 5) is 12.3. The summed E-state index contributed by atoms with van der Waals surface area (Å²) < 4.78 is 6.01. The average Bonchev–Trinajstić information content (AvgIpc) is 2.51. The van der Waals surface area contributed by atoms with Crippen LogP contribution in [0.15, 0.2) is 59.2 Å². The van der Waals surface area contributed by atoms with Crippen molar-refractivity contribution < 1.29 is 9.53 Å². The molecule has 4 heteroatoms. The van der Waals surface area contributed by atoms with Gasteiger partial charge in [0, 0.05) is 21.9 Å². The highest BCUT2D eigenvalue weighted by Gasteiger charge is 2.15. The third-order valence-corrected chi connectivity index (χ3v) is 3.87. The molecule has 0 aliphatic carbocycles. The molecule has 0 amide bonds. The summed E-state index contributed by atoms with van der Waals surface area (Å²) >= 11 is 3.48. The van der Waals surface area contributed by atoms with Crippen LogP contribution in [-0.4, -0.2) is 12.6 Å². The second-order valence-corrected chi connectivity index (χ2v) is 5.57. The van der Waals surface area contributed by atoms with Gasteiger partial charge in [0.15, 0.2) is 0 Å². The van der Waals surface area contributed by atoms with E-state index in [1.165, 1.54) is 0 Å². The number of nitrogens with one attached hydrogen (secondary N) is 1. The highest BCUT2D eigenvalue weighted by Crippen LogP contribution is 2.25. The molecule has 0 unspecified atom stereocenters. The van der Waals surface area contributed by atoms with Crippen molar-refractivity contribution in [3.8, 4) is 0 Å². The topological polar surface area (TPSA) is 38.3 Å². The Bertz CT molecular complexity index is 695. The first-order valence-electron chi connectivity index (χ1n) is 7.08. The minimum absolute atomic E-state index is 0.338. The van der Waals surface area contributed by atoms with Crippen LogP contribution in [-0.2, 0) is 9.53 Å². The van der Waals surface area contributed by atoms with E-state index < -0.39 is 0 Å². The number of carbonyl (C=O) groups is 1. The van der Waals surface area contributed by atoms with E-state index in [0.717, 1.165) is 21.3 Å². The van der Waals surface area contributed by atoms with Crippen LogP contribution >= 0.6 is 15.9 Å². The zero-order valence-corrected chi connectivity index (χ0v) is 14.2. The first-order chi connectivity index (χ1) is 10.6. The third-order valence-electron chi connectivity index (χ3n) is 3.18. The van der Waals surface area contributed by atoms with Gasteiger partial charge in [0.1, 0.15) is 0 Å². The fourth-order valence-corrected chi connectivity index (χ4v) is 2.52. The van der Waals surface area contributed by atoms with Crippen molar-refractivity contribution >= 4 is 33.2 Å². The van der Waals surface area contributed by atoms with Gasteiger partial charge in [-0.3, -0.25) is 0 Å². The molecule has 0 fully saturated rings. The summed E-state index contributed by atoms with van der Waals surface area (Å²) in [5, 5.41) is 3.19. The molecule has 3 nitrogen and oxygen atoms in total. The molecule has 2 rings (SSSR count). The summed E-state index contributed by atoms with van der Waals surface area (Å²) in [7, 11) is 0. The number of rotatable bonds is 5. The number of hydrogen-bond donors (Lipinski definition) is 1. The van der Waals surface area contributed by atoms with Gasteiger partial charge in [-0.2, -0.15) is 0 Å². The molecule has 0 saturated heterocycles. The van der Waals surface area contributed by atoms with Gasteiger partial charge in [-0.15, -0.1) is 0 Å². The van der Waals surface area contributed by atoms with Crippen molar-refractivity contribution in [2.24, 2.45) is 0 Å². The summed E-state index contributed by atoms with van der Waals surface area (Å²) in [5.74, 6) is -0.351. The molecule has 0 bridgehead atoms. The fourth-order valence-electron chi connectivity index (χ4n) is 2.02. The van der Waals surface area contributed by atoms with Crippen LogP contribution in [0.3, 0.4) is 0 Å². The third kappa shape index (κ3) is 3.98. The van der Waals surface area contributed by atoms with Gasteiger partial charge in [0.25, 0.3) is 0 Å². The van der Waals surface area contributed by atoms with E-state index in [1.54, 1.807) is 13.1 Å². The average molecular weight is 360 g/mol. The lowest BCUT2D eigenvalue weighted by molar-refractivity contribution is -0.136. The zero-order chi connectivity index (χ0) is 15.9. The summed E-state index contributed by atoms with van der Waals surface area (Å²) in [6.07, 6.45) is 1.69. The second kappa shape index (κ2) is 7.80. The van der Waals surface area contributed by atoms with Crippen LogP contribution in [0.2, 0.25) is 0 Å². The van der Waals surface area contributed by atoms with Crippen molar-refractivity contribution in [3.05, 3.63) is 70.3 Å². The van der Waals surface area contributed by atoms with E-state index >= 15 is 0 Å². The van der Waals surface area contributed by atoms with Gasteiger partial charge in [-0.25, -0.2) is 4.79 Å².